The highest BCUT2D eigenvalue weighted by atomic mass is 15.1. The molecule has 0 radical (unpaired) electrons. The lowest BCUT2D eigenvalue weighted by molar-refractivity contribution is 0.577. The van der Waals surface area contributed by atoms with Crippen LogP contribution in [0.4, 0.5) is 0 Å². The third-order valence-corrected chi connectivity index (χ3v) is 4.17. The van der Waals surface area contributed by atoms with Gasteiger partial charge in [0.05, 0.1) is 5.52 Å². The zero-order valence-corrected chi connectivity index (χ0v) is 10.1. The van der Waals surface area contributed by atoms with Crippen LogP contribution in [0.2, 0.25) is 0 Å². The molecule has 1 aromatic carbocycles. The molecule has 2 heteroatoms. The van der Waals surface area contributed by atoms with Gasteiger partial charge in [-0.3, -0.25) is 4.99 Å². The Morgan fingerprint density at radius 3 is 3.24 bits per heavy atom. The molecule has 2 aliphatic rings. The lowest BCUT2D eigenvalue weighted by atomic mass is 9.87. The van der Waals surface area contributed by atoms with E-state index in [0.717, 1.165) is 6.67 Å². The Hall–Kier alpha value is -1.57. The van der Waals surface area contributed by atoms with E-state index in [4.69, 9.17) is 0 Å². The first-order valence-corrected chi connectivity index (χ1v) is 6.46. The third kappa shape index (κ3) is 1.18. The number of nitrogens with zero attached hydrogens (tertiary/aromatic N) is 2. The van der Waals surface area contributed by atoms with Gasteiger partial charge in [-0.1, -0.05) is 11.6 Å². The van der Waals surface area contributed by atoms with E-state index in [1.54, 1.807) is 11.3 Å². The SMILES string of the molecule is Cc1ccc2c(c1)c1c3n2CN=C[C@@H]3CCC1. The molecule has 0 saturated heterocycles. The second-order valence-electron chi connectivity index (χ2n) is 5.28. The molecular weight excluding hydrogens is 208 g/mol. The van der Waals surface area contributed by atoms with Crippen LogP contribution in [-0.2, 0) is 13.1 Å². The van der Waals surface area contributed by atoms with E-state index in [1.165, 1.54) is 35.7 Å². The van der Waals surface area contributed by atoms with E-state index in [1.807, 2.05) is 0 Å². The molecular formula is C15H16N2. The Bertz CT molecular complexity index is 634. The van der Waals surface area contributed by atoms with Crippen molar-refractivity contribution in [3.05, 3.63) is 35.0 Å². The first kappa shape index (κ1) is 9.46. The second kappa shape index (κ2) is 3.22. The number of aromatic nitrogens is 1. The maximum absolute atomic E-state index is 4.53. The first-order chi connectivity index (χ1) is 8.34. The zero-order valence-electron chi connectivity index (χ0n) is 10.1. The summed E-state index contributed by atoms with van der Waals surface area (Å²) in [5, 5.41) is 1.47. The van der Waals surface area contributed by atoms with Gasteiger partial charge in [-0.05, 0) is 43.9 Å². The van der Waals surface area contributed by atoms with Crippen molar-refractivity contribution in [1.29, 1.82) is 0 Å². The van der Waals surface area contributed by atoms with Gasteiger partial charge >= 0.3 is 0 Å². The number of fused-ring (bicyclic) bond motifs is 3. The van der Waals surface area contributed by atoms with Gasteiger partial charge in [0.1, 0.15) is 6.67 Å². The molecule has 0 amide bonds. The topological polar surface area (TPSA) is 17.3 Å². The molecule has 86 valence electrons. The highest BCUT2D eigenvalue weighted by molar-refractivity contribution is 5.89. The van der Waals surface area contributed by atoms with Crippen LogP contribution in [0.3, 0.4) is 0 Å². The Morgan fingerprint density at radius 1 is 1.35 bits per heavy atom. The van der Waals surface area contributed by atoms with E-state index in [-0.39, 0.29) is 0 Å². The van der Waals surface area contributed by atoms with Crippen LogP contribution in [-0.4, -0.2) is 10.8 Å². The largest absolute Gasteiger partial charge is 0.324 e. The van der Waals surface area contributed by atoms with Crippen LogP contribution in [0.1, 0.15) is 35.6 Å². The quantitative estimate of drug-likeness (QED) is 0.652. The summed E-state index contributed by atoms with van der Waals surface area (Å²) in [5.74, 6) is 0.570. The van der Waals surface area contributed by atoms with Gasteiger partial charge in [-0.15, -0.1) is 0 Å². The van der Waals surface area contributed by atoms with Crippen LogP contribution >= 0.6 is 0 Å². The lowest BCUT2D eigenvalue weighted by Gasteiger charge is -2.25. The fourth-order valence-electron chi connectivity index (χ4n) is 3.43. The molecule has 0 bridgehead atoms. The van der Waals surface area contributed by atoms with E-state index in [0.29, 0.717) is 5.92 Å². The first-order valence-electron chi connectivity index (χ1n) is 6.46. The fourth-order valence-corrected chi connectivity index (χ4v) is 3.43. The van der Waals surface area contributed by atoms with Gasteiger partial charge in [0.25, 0.3) is 0 Å². The van der Waals surface area contributed by atoms with Crippen molar-refractivity contribution in [2.45, 2.75) is 38.8 Å². The van der Waals surface area contributed by atoms with Gasteiger partial charge < -0.3 is 4.57 Å². The molecule has 0 saturated carbocycles. The van der Waals surface area contributed by atoms with Crippen molar-refractivity contribution in [2.24, 2.45) is 4.99 Å². The van der Waals surface area contributed by atoms with Gasteiger partial charge in [0.15, 0.2) is 0 Å². The molecule has 1 atom stereocenters. The summed E-state index contributed by atoms with van der Waals surface area (Å²) in [6.07, 6.45) is 5.99. The number of benzene rings is 1. The lowest BCUT2D eigenvalue weighted by Crippen LogP contribution is -2.18. The minimum atomic E-state index is 0.570. The van der Waals surface area contributed by atoms with Crippen LogP contribution in [0, 0.1) is 6.92 Å². The van der Waals surface area contributed by atoms with Crippen LogP contribution in [0.15, 0.2) is 23.2 Å². The van der Waals surface area contributed by atoms with E-state index < -0.39 is 0 Å². The van der Waals surface area contributed by atoms with Crippen LogP contribution in [0.5, 0.6) is 0 Å². The summed E-state index contributed by atoms with van der Waals surface area (Å²) < 4.78 is 2.42. The molecule has 4 rings (SSSR count). The molecule has 1 aromatic heterocycles. The Balaban J connectivity index is 2.13. The van der Waals surface area contributed by atoms with Crippen molar-refractivity contribution in [1.82, 2.24) is 4.57 Å². The molecule has 17 heavy (non-hydrogen) atoms. The summed E-state index contributed by atoms with van der Waals surface area (Å²) in [6.45, 7) is 2.99. The number of aryl methyl sites for hydroxylation is 2. The molecule has 1 aliphatic heterocycles. The Morgan fingerprint density at radius 2 is 2.29 bits per heavy atom. The molecule has 0 spiro atoms. The smallest absolute Gasteiger partial charge is 0.114 e. The van der Waals surface area contributed by atoms with E-state index in [9.17, 15) is 0 Å². The average molecular weight is 224 g/mol. The van der Waals surface area contributed by atoms with Crippen LogP contribution < -0.4 is 0 Å². The summed E-state index contributed by atoms with van der Waals surface area (Å²) >= 11 is 0. The van der Waals surface area contributed by atoms with Crippen molar-refractivity contribution in [2.75, 3.05) is 0 Å². The Kier molecular flexibility index (Phi) is 1.79. The maximum atomic E-state index is 4.53. The summed E-state index contributed by atoms with van der Waals surface area (Å²) in [7, 11) is 0. The summed E-state index contributed by atoms with van der Waals surface area (Å²) in [5.41, 5.74) is 5.88. The predicted octanol–water partition coefficient (Wildman–Crippen LogP) is 3.41. The molecule has 0 unspecified atom stereocenters. The highest BCUT2D eigenvalue weighted by Crippen LogP contribution is 2.39. The number of rotatable bonds is 0. The maximum Gasteiger partial charge on any atom is 0.114 e. The monoisotopic (exact) mass is 224 g/mol. The summed E-state index contributed by atoms with van der Waals surface area (Å²) in [4.78, 5) is 4.53. The molecule has 2 nitrogen and oxygen atoms in total. The van der Waals surface area contributed by atoms with Gasteiger partial charge in [-0.25, -0.2) is 0 Å². The van der Waals surface area contributed by atoms with Gasteiger partial charge in [-0.2, -0.15) is 0 Å². The standard InChI is InChI=1S/C15H16N2/c1-10-5-6-14-13(7-10)12-4-2-3-11-8-16-9-17(14)15(11)12/h5-8,11H,2-4,9H2,1H3/t11-/m0/s1. The number of hydrogen-bond donors (Lipinski definition) is 0. The summed E-state index contributed by atoms with van der Waals surface area (Å²) in [6, 6.07) is 6.82. The van der Waals surface area contributed by atoms with E-state index in [2.05, 4.69) is 40.9 Å². The molecule has 1 aliphatic carbocycles. The second-order valence-corrected chi connectivity index (χ2v) is 5.28. The van der Waals surface area contributed by atoms with Crippen molar-refractivity contribution in [3.8, 4) is 0 Å². The van der Waals surface area contributed by atoms with Crippen LogP contribution in [0.25, 0.3) is 10.9 Å². The predicted molar refractivity (Wildman–Crippen MR) is 70.8 cm³/mol. The normalized spacial score (nSPS) is 21.8. The number of hydrogen-bond acceptors (Lipinski definition) is 1. The van der Waals surface area contributed by atoms with Gasteiger partial charge in [0, 0.05) is 23.2 Å². The molecule has 2 heterocycles. The molecule has 0 N–H and O–H groups in total. The zero-order chi connectivity index (χ0) is 11.4. The molecule has 0 fully saturated rings. The van der Waals surface area contributed by atoms with Crippen molar-refractivity contribution < 1.29 is 0 Å². The minimum absolute atomic E-state index is 0.570. The van der Waals surface area contributed by atoms with Crippen molar-refractivity contribution in [3.63, 3.8) is 0 Å². The Labute approximate surface area is 101 Å². The third-order valence-electron chi connectivity index (χ3n) is 4.17. The van der Waals surface area contributed by atoms with E-state index >= 15 is 0 Å². The minimum Gasteiger partial charge on any atom is -0.324 e. The number of aliphatic imine (C=N–C) groups is 1. The highest BCUT2D eigenvalue weighted by Gasteiger charge is 2.28. The van der Waals surface area contributed by atoms with Gasteiger partial charge in [0.2, 0.25) is 0 Å². The van der Waals surface area contributed by atoms with Crippen molar-refractivity contribution >= 4 is 17.1 Å². The average Bonchev–Trinajstić information content (AvgIpc) is 2.67. The molecule has 2 aromatic rings. The fraction of sp³-hybridized carbons (Fsp3) is 0.400.